The molecular weight excluding hydrogens is 394 g/mol. The molecule has 2 saturated heterocycles. The van der Waals surface area contributed by atoms with Crippen molar-refractivity contribution in [2.24, 2.45) is 19.5 Å². The van der Waals surface area contributed by atoms with E-state index in [0.717, 1.165) is 11.3 Å². The van der Waals surface area contributed by atoms with Crippen molar-refractivity contribution in [3.63, 3.8) is 0 Å². The molecule has 9 heteroatoms. The number of aryl methyl sites for hydroxylation is 2. The van der Waals surface area contributed by atoms with Crippen LogP contribution < -0.4 is 0 Å². The molecule has 9 nitrogen and oxygen atoms in total. The molecule has 0 radical (unpaired) electrons. The van der Waals surface area contributed by atoms with Crippen molar-refractivity contribution >= 4 is 11.8 Å². The minimum atomic E-state index is -0.666. The van der Waals surface area contributed by atoms with Crippen LogP contribution in [0.15, 0.2) is 49.3 Å². The summed E-state index contributed by atoms with van der Waals surface area (Å²) in [4.78, 5) is 39.3. The number of nitrogens with zero attached hydrogens (tertiary/aromatic N) is 7. The van der Waals surface area contributed by atoms with Crippen molar-refractivity contribution in [2.75, 3.05) is 19.6 Å². The molecule has 0 aliphatic carbocycles. The Kier molecular flexibility index (Phi) is 4.60. The van der Waals surface area contributed by atoms with Crippen LogP contribution in [-0.2, 0) is 25.4 Å². The predicted octanol–water partition coefficient (Wildman–Crippen LogP) is 1.21. The van der Waals surface area contributed by atoms with Gasteiger partial charge in [-0.25, -0.2) is 4.98 Å². The van der Waals surface area contributed by atoms with Gasteiger partial charge in [0.2, 0.25) is 5.91 Å². The van der Waals surface area contributed by atoms with Gasteiger partial charge >= 0.3 is 0 Å². The molecule has 0 bridgehead atoms. The van der Waals surface area contributed by atoms with Crippen LogP contribution in [0.3, 0.4) is 0 Å². The first-order chi connectivity index (χ1) is 15.0. The molecule has 3 aromatic heterocycles. The zero-order valence-corrected chi connectivity index (χ0v) is 17.7. The van der Waals surface area contributed by atoms with Crippen molar-refractivity contribution < 1.29 is 9.59 Å². The van der Waals surface area contributed by atoms with E-state index in [-0.39, 0.29) is 17.7 Å². The van der Waals surface area contributed by atoms with Crippen LogP contribution in [0.4, 0.5) is 0 Å². The highest BCUT2D eigenvalue weighted by Crippen LogP contribution is 2.50. The molecule has 5 rings (SSSR count). The summed E-state index contributed by atoms with van der Waals surface area (Å²) in [7, 11) is 3.70. The van der Waals surface area contributed by atoms with Gasteiger partial charge in [0.25, 0.3) is 5.91 Å². The summed E-state index contributed by atoms with van der Waals surface area (Å²) in [6.07, 6.45) is 9.67. The second-order valence-electron chi connectivity index (χ2n) is 8.57. The van der Waals surface area contributed by atoms with Gasteiger partial charge in [-0.1, -0.05) is 6.07 Å². The number of carbonyl (C=O) groups is 2. The molecule has 31 heavy (non-hydrogen) atoms. The van der Waals surface area contributed by atoms with Crippen LogP contribution in [-0.4, -0.2) is 65.6 Å². The van der Waals surface area contributed by atoms with Crippen LogP contribution in [0.25, 0.3) is 0 Å². The zero-order valence-electron chi connectivity index (χ0n) is 17.7. The summed E-state index contributed by atoms with van der Waals surface area (Å²) in [5.41, 5.74) is 1.59. The Labute approximate surface area is 180 Å². The lowest BCUT2D eigenvalue weighted by Gasteiger charge is -2.27. The van der Waals surface area contributed by atoms with Crippen LogP contribution in [0.5, 0.6) is 0 Å². The Morgan fingerprint density at radius 1 is 1.29 bits per heavy atom. The highest BCUT2D eigenvalue weighted by Gasteiger charge is 2.58. The fourth-order valence-corrected chi connectivity index (χ4v) is 4.94. The van der Waals surface area contributed by atoms with Gasteiger partial charge in [-0.05, 0) is 24.1 Å². The molecule has 0 aromatic carbocycles. The summed E-state index contributed by atoms with van der Waals surface area (Å²) >= 11 is 0. The van der Waals surface area contributed by atoms with E-state index < -0.39 is 5.41 Å². The molecule has 2 aliphatic rings. The van der Waals surface area contributed by atoms with Crippen molar-refractivity contribution in [3.8, 4) is 0 Å². The van der Waals surface area contributed by atoms with E-state index in [4.69, 9.17) is 0 Å². The second-order valence-corrected chi connectivity index (χ2v) is 8.57. The standard InChI is InChI=1S/C22H25N7O2/c1-26-13-19(24-15-26)17-12-29(20(30)18-5-8-27(2)25-18)14-22(17)6-9-28(21(22)31)11-16-4-3-7-23-10-16/h3-5,7-8,10,13,15,17H,6,9,11-12,14H2,1-2H3/t17-,22+/m1/s1. The molecule has 0 unspecified atom stereocenters. The van der Waals surface area contributed by atoms with Gasteiger partial charge in [0.15, 0.2) is 0 Å². The van der Waals surface area contributed by atoms with Crippen molar-refractivity contribution in [1.29, 1.82) is 0 Å². The van der Waals surface area contributed by atoms with Crippen molar-refractivity contribution in [1.82, 2.24) is 34.1 Å². The minimum Gasteiger partial charge on any atom is -0.340 e. The van der Waals surface area contributed by atoms with E-state index in [0.29, 0.717) is 38.3 Å². The third kappa shape index (κ3) is 3.30. The van der Waals surface area contributed by atoms with Crippen LogP contribution in [0.1, 0.15) is 34.1 Å². The summed E-state index contributed by atoms with van der Waals surface area (Å²) in [6.45, 7) is 2.02. The first kappa shape index (κ1) is 19.5. The number of hydrogen-bond donors (Lipinski definition) is 0. The number of amides is 2. The molecule has 2 atom stereocenters. The lowest BCUT2D eigenvalue weighted by Crippen LogP contribution is -2.40. The lowest BCUT2D eigenvalue weighted by molar-refractivity contribution is -0.136. The number of likely N-dealkylation sites (tertiary alicyclic amines) is 2. The van der Waals surface area contributed by atoms with Gasteiger partial charge in [-0.2, -0.15) is 5.10 Å². The maximum atomic E-state index is 13.7. The van der Waals surface area contributed by atoms with Crippen molar-refractivity contribution in [3.05, 3.63) is 66.3 Å². The highest BCUT2D eigenvalue weighted by atomic mass is 16.2. The fraction of sp³-hybridized carbons (Fsp3) is 0.409. The monoisotopic (exact) mass is 419 g/mol. The normalized spacial score (nSPS) is 23.3. The molecule has 3 aromatic rings. The smallest absolute Gasteiger partial charge is 0.274 e. The molecule has 0 saturated carbocycles. The largest absolute Gasteiger partial charge is 0.340 e. The van der Waals surface area contributed by atoms with Gasteiger partial charge < -0.3 is 14.4 Å². The SMILES string of the molecule is Cn1cnc([C@H]2CN(C(=O)c3ccn(C)n3)C[C@@]23CCN(Cc2cccnc2)C3=O)c1. The van der Waals surface area contributed by atoms with Crippen LogP contribution >= 0.6 is 0 Å². The van der Waals surface area contributed by atoms with Crippen molar-refractivity contribution in [2.45, 2.75) is 18.9 Å². The summed E-state index contributed by atoms with van der Waals surface area (Å²) in [6, 6.07) is 5.58. The summed E-state index contributed by atoms with van der Waals surface area (Å²) in [5.74, 6) is -0.201. The number of hydrogen-bond acceptors (Lipinski definition) is 5. The predicted molar refractivity (Wildman–Crippen MR) is 112 cm³/mol. The third-order valence-electron chi connectivity index (χ3n) is 6.48. The summed E-state index contributed by atoms with van der Waals surface area (Å²) in [5, 5.41) is 4.27. The number of aromatic nitrogens is 5. The zero-order chi connectivity index (χ0) is 21.6. The Balaban J connectivity index is 1.45. The lowest BCUT2D eigenvalue weighted by atomic mass is 9.75. The Morgan fingerprint density at radius 3 is 2.84 bits per heavy atom. The maximum Gasteiger partial charge on any atom is 0.274 e. The number of rotatable bonds is 4. The topological polar surface area (TPSA) is 89.2 Å². The fourth-order valence-electron chi connectivity index (χ4n) is 4.94. The first-order valence-corrected chi connectivity index (χ1v) is 10.4. The molecule has 2 aliphatic heterocycles. The minimum absolute atomic E-state index is 0.0864. The van der Waals surface area contributed by atoms with Gasteiger partial charge in [0, 0.05) is 71.0 Å². The second kappa shape index (κ2) is 7.33. The number of carbonyl (C=O) groups excluding carboxylic acids is 2. The van der Waals surface area contributed by atoms with E-state index in [2.05, 4.69) is 15.1 Å². The first-order valence-electron chi connectivity index (χ1n) is 10.4. The molecule has 2 amide bonds. The molecule has 160 valence electrons. The Hall–Kier alpha value is -3.49. The van der Waals surface area contributed by atoms with Gasteiger partial charge in [0.05, 0.1) is 17.4 Å². The molecule has 5 heterocycles. The highest BCUT2D eigenvalue weighted by molar-refractivity contribution is 5.94. The Morgan fingerprint density at radius 2 is 2.16 bits per heavy atom. The van der Waals surface area contributed by atoms with Gasteiger partial charge in [-0.15, -0.1) is 0 Å². The quantitative estimate of drug-likeness (QED) is 0.634. The van der Waals surface area contributed by atoms with E-state index in [1.165, 1.54) is 0 Å². The van der Waals surface area contributed by atoms with E-state index >= 15 is 0 Å². The van der Waals surface area contributed by atoms with E-state index in [9.17, 15) is 9.59 Å². The van der Waals surface area contributed by atoms with Gasteiger partial charge in [0.1, 0.15) is 5.69 Å². The molecule has 2 fully saturated rings. The average molecular weight is 419 g/mol. The van der Waals surface area contributed by atoms with Crippen LogP contribution in [0, 0.1) is 5.41 Å². The Bertz CT molecular complexity index is 1120. The number of pyridine rings is 1. The third-order valence-corrected chi connectivity index (χ3v) is 6.48. The van der Waals surface area contributed by atoms with Crippen LogP contribution in [0.2, 0.25) is 0 Å². The van der Waals surface area contributed by atoms with E-state index in [1.54, 1.807) is 47.6 Å². The molecule has 1 spiro atoms. The maximum absolute atomic E-state index is 13.7. The molecular formula is C22H25N7O2. The number of imidazole rings is 1. The summed E-state index contributed by atoms with van der Waals surface area (Å²) < 4.78 is 3.50. The van der Waals surface area contributed by atoms with E-state index in [1.807, 2.05) is 34.8 Å². The van der Waals surface area contributed by atoms with Gasteiger partial charge in [-0.3, -0.25) is 19.3 Å². The average Bonchev–Trinajstić information content (AvgIpc) is 3.54. The molecule has 0 N–H and O–H groups in total.